The Hall–Kier alpha value is -2.46. The molecule has 34 heavy (non-hydrogen) atoms. The highest BCUT2D eigenvalue weighted by molar-refractivity contribution is 7.90. The van der Waals surface area contributed by atoms with Gasteiger partial charge in [0.1, 0.15) is 16.2 Å². The lowest BCUT2D eigenvalue weighted by molar-refractivity contribution is 0.123. The van der Waals surface area contributed by atoms with E-state index in [4.69, 9.17) is 14.5 Å². The van der Waals surface area contributed by atoms with Gasteiger partial charge in [-0.1, -0.05) is 6.08 Å². The summed E-state index contributed by atoms with van der Waals surface area (Å²) in [5.74, 6) is 0.612. The average molecular weight is 486 g/mol. The van der Waals surface area contributed by atoms with E-state index in [-0.39, 0.29) is 10.8 Å². The van der Waals surface area contributed by atoms with Crippen molar-refractivity contribution in [3.63, 3.8) is 0 Å². The molecule has 3 aromatic heterocycles. The standard InChI is InChI=1S/C25H35N5O3S/c1-8-10-13-33-17-22-24-26-11-12-29(24)16-21(28-22)19-14-20(27-15-23(19)32-7)18(3)30(9-2)34(31)25(4,5)6/h8,11-12,14-16,18H,1,9-10,13,17H2,2-7H3/t18-,34?/m1/s1. The van der Waals surface area contributed by atoms with Gasteiger partial charge in [0.25, 0.3) is 0 Å². The molecule has 1 unspecified atom stereocenters. The Morgan fingerprint density at radius 3 is 2.74 bits per heavy atom. The molecule has 3 heterocycles. The maximum atomic E-state index is 13.1. The van der Waals surface area contributed by atoms with E-state index in [1.54, 1.807) is 19.5 Å². The van der Waals surface area contributed by atoms with Crippen molar-refractivity contribution >= 4 is 17.0 Å². The molecule has 0 aliphatic heterocycles. The number of hydrogen-bond acceptors (Lipinski definition) is 7. The van der Waals surface area contributed by atoms with Crippen LogP contribution in [0.4, 0.5) is 0 Å². The molecule has 0 spiro atoms. The normalized spacial score (nSPS) is 13.9. The molecular formula is C25H35N5O3S. The minimum Gasteiger partial charge on any atom is -0.597 e. The van der Waals surface area contributed by atoms with Gasteiger partial charge in [-0.25, -0.2) is 9.97 Å². The fourth-order valence-electron chi connectivity index (χ4n) is 3.64. The van der Waals surface area contributed by atoms with E-state index in [0.29, 0.717) is 25.5 Å². The van der Waals surface area contributed by atoms with Gasteiger partial charge >= 0.3 is 0 Å². The highest BCUT2D eigenvalue weighted by Gasteiger charge is 2.36. The molecule has 3 rings (SSSR count). The van der Waals surface area contributed by atoms with Gasteiger partial charge in [0.05, 0.1) is 44.0 Å². The first kappa shape index (κ1) is 26.2. The summed E-state index contributed by atoms with van der Waals surface area (Å²) in [4.78, 5) is 13.9. The molecule has 3 aromatic rings. The second kappa shape index (κ2) is 11.3. The zero-order valence-corrected chi connectivity index (χ0v) is 21.8. The number of methoxy groups -OCH3 is 1. The van der Waals surface area contributed by atoms with Crippen LogP contribution in [0.3, 0.4) is 0 Å². The summed E-state index contributed by atoms with van der Waals surface area (Å²) in [6.07, 6.45) is 9.85. The van der Waals surface area contributed by atoms with Crippen molar-refractivity contribution in [3.8, 4) is 17.0 Å². The van der Waals surface area contributed by atoms with Crippen molar-refractivity contribution in [2.24, 2.45) is 0 Å². The van der Waals surface area contributed by atoms with Crippen LogP contribution in [0.15, 0.2) is 43.5 Å². The van der Waals surface area contributed by atoms with Crippen molar-refractivity contribution in [2.45, 2.75) is 58.4 Å². The van der Waals surface area contributed by atoms with Gasteiger partial charge in [-0.3, -0.25) is 4.98 Å². The maximum Gasteiger partial charge on any atom is 0.161 e. The second-order valence-electron chi connectivity index (χ2n) is 8.94. The van der Waals surface area contributed by atoms with Crippen molar-refractivity contribution in [1.29, 1.82) is 0 Å². The minimum absolute atomic E-state index is 0.159. The third-order valence-electron chi connectivity index (χ3n) is 5.44. The molecule has 0 aliphatic carbocycles. The zero-order valence-electron chi connectivity index (χ0n) is 20.9. The summed E-state index contributed by atoms with van der Waals surface area (Å²) in [5, 5.41) is 0. The quantitative estimate of drug-likeness (QED) is 0.220. The van der Waals surface area contributed by atoms with E-state index in [1.165, 1.54) is 0 Å². The third-order valence-corrected chi connectivity index (χ3v) is 7.49. The number of ether oxygens (including phenoxy) is 2. The van der Waals surface area contributed by atoms with Gasteiger partial charge in [-0.05, 0) is 47.1 Å². The van der Waals surface area contributed by atoms with Crippen molar-refractivity contribution in [2.75, 3.05) is 20.3 Å². The van der Waals surface area contributed by atoms with E-state index in [1.807, 2.05) is 67.9 Å². The molecule has 0 radical (unpaired) electrons. The molecule has 0 amide bonds. The maximum absolute atomic E-state index is 13.1. The number of fused-ring (bicyclic) bond motifs is 1. The van der Waals surface area contributed by atoms with Gasteiger partial charge in [0.2, 0.25) is 0 Å². The van der Waals surface area contributed by atoms with Crippen LogP contribution in [0.1, 0.15) is 58.5 Å². The molecule has 0 bridgehead atoms. The fourth-order valence-corrected chi connectivity index (χ4v) is 4.98. The topological polar surface area (TPSA) is 87.8 Å². The second-order valence-corrected chi connectivity index (χ2v) is 11.1. The van der Waals surface area contributed by atoms with Gasteiger partial charge in [0, 0.05) is 42.1 Å². The van der Waals surface area contributed by atoms with Crippen LogP contribution < -0.4 is 4.74 Å². The van der Waals surface area contributed by atoms with Crippen LogP contribution in [0, 0.1) is 0 Å². The molecule has 184 valence electrons. The first-order valence-electron chi connectivity index (χ1n) is 11.4. The first-order valence-corrected chi connectivity index (χ1v) is 12.6. The van der Waals surface area contributed by atoms with E-state index in [9.17, 15) is 4.55 Å². The first-order chi connectivity index (χ1) is 16.2. The molecule has 8 nitrogen and oxygen atoms in total. The van der Waals surface area contributed by atoms with Crippen LogP contribution in [0.2, 0.25) is 0 Å². The lowest BCUT2D eigenvalue weighted by atomic mass is 10.1. The van der Waals surface area contributed by atoms with Crippen LogP contribution >= 0.6 is 0 Å². The number of pyridine rings is 1. The Balaban J connectivity index is 2.02. The van der Waals surface area contributed by atoms with Gasteiger partial charge in [-0.15, -0.1) is 10.9 Å². The van der Waals surface area contributed by atoms with Crippen molar-refractivity contribution in [1.82, 2.24) is 23.7 Å². The highest BCUT2D eigenvalue weighted by Crippen LogP contribution is 2.34. The zero-order chi connectivity index (χ0) is 24.9. The average Bonchev–Trinajstić information content (AvgIpc) is 3.30. The Labute approximate surface area is 205 Å². The summed E-state index contributed by atoms with van der Waals surface area (Å²) in [6.45, 7) is 15.3. The van der Waals surface area contributed by atoms with Gasteiger partial charge in [0.15, 0.2) is 5.65 Å². The molecule has 0 fully saturated rings. The Bertz CT molecular complexity index is 1110. The third kappa shape index (κ3) is 5.78. The number of hydrogen-bond donors (Lipinski definition) is 0. The number of imidazole rings is 1. The van der Waals surface area contributed by atoms with E-state index < -0.39 is 11.4 Å². The Kier molecular flexibility index (Phi) is 8.70. The number of aromatic nitrogens is 4. The van der Waals surface area contributed by atoms with Gasteiger partial charge in [-0.2, -0.15) is 0 Å². The van der Waals surface area contributed by atoms with Gasteiger partial charge < -0.3 is 18.4 Å². The van der Waals surface area contributed by atoms with Crippen LogP contribution in [-0.4, -0.2) is 53.2 Å². The molecular weight excluding hydrogens is 450 g/mol. The molecule has 0 N–H and O–H groups in total. The van der Waals surface area contributed by atoms with Crippen molar-refractivity contribution < 1.29 is 14.0 Å². The van der Waals surface area contributed by atoms with Crippen LogP contribution in [-0.2, 0) is 22.7 Å². The summed E-state index contributed by atoms with van der Waals surface area (Å²) in [5.41, 5.74) is 3.82. The minimum atomic E-state index is -1.18. The predicted molar refractivity (Wildman–Crippen MR) is 136 cm³/mol. The molecule has 0 saturated carbocycles. The number of rotatable bonds is 11. The molecule has 2 atom stereocenters. The predicted octanol–water partition coefficient (Wildman–Crippen LogP) is 4.74. The summed E-state index contributed by atoms with van der Waals surface area (Å²) < 4.78 is 28.1. The summed E-state index contributed by atoms with van der Waals surface area (Å²) in [7, 11) is 1.62. The smallest absolute Gasteiger partial charge is 0.161 e. The lowest BCUT2D eigenvalue weighted by Crippen LogP contribution is -2.44. The highest BCUT2D eigenvalue weighted by atomic mass is 32.2. The Morgan fingerprint density at radius 2 is 2.09 bits per heavy atom. The van der Waals surface area contributed by atoms with Crippen LogP contribution in [0.5, 0.6) is 5.75 Å². The summed E-state index contributed by atoms with van der Waals surface area (Å²) >= 11 is -1.18. The molecule has 0 aliphatic rings. The lowest BCUT2D eigenvalue weighted by Gasteiger charge is -2.35. The molecule has 0 saturated heterocycles. The monoisotopic (exact) mass is 485 g/mol. The largest absolute Gasteiger partial charge is 0.597 e. The fraction of sp³-hybridized carbons (Fsp3) is 0.480. The van der Waals surface area contributed by atoms with E-state index in [2.05, 4.69) is 16.5 Å². The van der Waals surface area contributed by atoms with Crippen LogP contribution in [0.25, 0.3) is 16.9 Å². The van der Waals surface area contributed by atoms with Crippen molar-refractivity contribution in [3.05, 3.63) is 54.9 Å². The number of nitrogens with zero attached hydrogens (tertiary/aromatic N) is 5. The SMILES string of the molecule is C=CCCOCc1nc(-c2cc([C@@H](C)N(CC)[S+]([O-])C(C)(C)C)ncc2OC)cn2ccnc12. The summed E-state index contributed by atoms with van der Waals surface area (Å²) in [6, 6.07) is 1.81. The molecule has 0 aromatic carbocycles. The Morgan fingerprint density at radius 1 is 1.32 bits per heavy atom. The molecule has 9 heteroatoms. The van der Waals surface area contributed by atoms with E-state index >= 15 is 0 Å². The van der Waals surface area contributed by atoms with E-state index in [0.717, 1.165) is 34.7 Å².